The molecule has 9 nitrogen and oxygen atoms in total. The number of carbonyl (C=O) groups is 2. The highest BCUT2D eigenvalue weighted by Gasteiger charge is 2.31. The third kappa shape index (κ3) is 4.21. The Balaban J connectivity index is 1.33. The number of aromatic nitrogens is 2. The summed E-state index contributed by atoms with van der Waals surface area (Å²) in [6.07, 6.45) is 2.08. The number of nitro groups is 1. The van der Waals surface area contributed by atoms with Crippen LogP contribution in [0.1, 0.15) is 5.56 Å². The van der Waals surface area contributed by atoms with Gasteiger partial charge in [0.05, 0.1) is 28.4 Å². The number of nitro benzene ring substituents is 1. The van der Waals surface area contributed by atoms with Gasteiger partial charge in [0.25, 0.3) is 10.9 Å². The number of imide groups is 1. The van der Waals surface area contributed by atoms with Gasteiger partial charge in [-0.1, -0.05) is 23.9 Å². The second-order valence-corrected chi connectivity index (χ2v) is 7.62. The fraction of sp³-hybridized carbons (Fsp3) is 0.211. The Labute approximate surface area is 169 Å². The van der Waals surface area contributed by atoms with E-state index in [2.05, 4.69) is 10.4 Å². The summed E-state index contributed by atoms with van der Waals surface area (Å²) in [7, 11) is 0. The number of amides is 2. The Kier molecular flexibility index (Phi) is 5.17. The zero-order valence-electron chi connectivity index (χ0n) is 15.1. The molecule has 1 aliphatic heterocycles. The van der Waals surface area contributed by atoms with Gasteiger partial charge in [0.2, 0.25) is 5.91 Å². The van der Waals surface area contributed by atoms with Crippen LogP contribution in [0.25, 0.3) is 10.9 Å². The molecule has 0 saturated carbocycles. The van der Waals surface area contributed by atoms with Crippen LogP contribution in [0.4, 0.5) is 10.5 Å². The zero-order valence-corrected chi connectivity index (χ0v) is 15.9. The van der Waals surface area contributed by atoms with E-state index in [-0.39, 0.29) is 16.8 Å². The lowest BCUT2D eigenvalue weighted by atomic mass is 10.1. The number of ether oxygens (including phenoxy) is 1. The third-order valence-electron chi connectivity index (χ3n) is 4.52. The minimum atomic E-state index is -0.431. The van der Waals surface area contributed by atoms with Gasteiger partial charge >= 0.3 is 0 Å². The monoisotopic (exact) mass is 412 g/mol. The van der Waals surface area contributed by atoms with E-state index in [0.717, 1.165) is 22.8 Å². The minimum absolute atomic E-state index is 0.0336. The van der Waals surface area contributed by atoms with Gasteiger partial charge in [-0.15, -0.1) is 0 Å². The summed E-state index contributed by atoms with van der Waals surface area (Å²) in [6.45, 7) is 0.868. The van der Waals surface area contributed by atoms with E-state index < -0.39 is 10.2 Å². The lowest BCUT2D eigenvalue weighted by molar-refractivity contribution is -0.384. The normalized spacial score (nSPS) is 16.2. The molecular weight excluding hydrogens is 396 g/mol. The summed E-state index contributed by atoms with van der Waals surface area (Å²) in [5.74, 6) is 0.428. The first-order chi connectivity index (χ1) is 14.0. The molecule has 2 heterocycles. The topological polar surface area (TPSA) is 116 Å². The molecule has 1 aliphatic rings. The molecule has 1 unspecified atom stereocenters. The minimum Gasteiger partial charge on any atom is -0.492 e. The fourth-order valence-electron chi connectivity index (χ4n) is 3.08. The number of nitrogens with zero attached hydrogens (tertiary/aromatic N) is 3. The summed E-state index contributed by atoms with van der Waals surface area (Å²) in [5, 5.41) is 17.4. The van der Waals surface area contributed by atoms with Crippen LogP contribution in [0.5, 0.6) is 5.75 Å². The zero-order chi connectivity index (χ0) is 20.4. The molecule has 148 valence electrons. The van der Waals surface area contributed by atoms with Crippen molar-refractivity contribution in [3.8, 4) is 5.75 Å². The summed E-state index contributed by atoms with van der Waals surface area (Å²) in [5.41, 5.74) is 1.78. The first-order valence-electron chi connectivity index (χ1n) is 8.83. The van der Waals surface area contributed by atoms with Crippen LogP contribution < -0.4 is 10.1 Å². The average Bonchev–Trinajstić information content (AvgIpc) is 3.25. The van der Waals surface area contributed by atoms with E-state index in [4.69, 9.17) is 4.74 Å². The smallest absolute Gasteiger partial charge is 0.286 e. The van der Waals surface area contributed by atoms with Crippen molar-refractivity contribution in [3.05, 3.63) is 64.3 Å². The molecule has 0 aliphatic carbocycles. The molecular formula is C19H16N4O5S. The number of nitrogens with one attached hydrogen (secondary N) is 1. The predicted molar refractivity (Wildman–Crippen MR) is 107 cm³/mol. The lowest BCUT2D eigenvalue weighted by Crippen LogP contribution is -2.25. The molecule has 10 heteroatoms. The van der Waals surface area contributed by atoms with Crippen molar-refractivity contribution in [2.45, 2.75) is 18.2 Å². The van der Waals surface area contributed by atoms with Gasteiger partial charge in [-0.3, -0.25) is 29.7 Å². The van der Waals surface area contributed by atoms with Crippen molar-refractivity contribution >= 4 is 39.5 Å². The lowest BCUT2D eigenvalue weighted by Gasteiger charge is -2.09. The Hall–Kier alpha value is -3.40. The average molecular weight is 412 g/mol. The summed E-state index contributed by atoms with van der Waals surface area (Å²) >= 11 is 1.01. The molecule has 0 spiro atoms. The molecule has 0 bridgehead atoms. The van der Waals surface area contributed by atoms with Gasteiger partial charge in [-0.2, -0.15) is 5.10 Å². The second-order valence-electron chi connectivity index (χ2n) is 6.45. The summed E-state index contributed by atoms with van der Waals surface area (Å²) in [6, 6.07) is 12.0. The van der Waals surface area contributed by atoms with Gasteiger partial charge in [0.15, 0.2) is 0 Å². The quantitative estimate of drug-likeness (QED) is 0.468. The third-order valence-corrected chi connectivity index (χ3v) is 5.50. The van der Waals surface area contributed by atoms with Gasteiger partial charge in [0.1, 0.15) is 12.4 Å². The van der Waals surface area contributed by atoms with Crippen molar-refractivity contribution in [3.63, 3.8) is 0 Å². The summed E-state index contributed by atoms with van der Waals surface area (Å²) in [4.78, 5) is 33.3. The van der Waals surface area contributed by atoms with E-state index in [1.807, 2.05) is 24.3 Å². The van der Waals surface area contributed by atoms with Crippen LogP contribution in [0.2, 0.25) is 0 Å². The number of fused-ring (bicyclic) bond motifs is 1. The van der Waals surface area contributed by atoms with Crippen LogP contribution in [0.15, 0.2) is 48.7 Å². The number of non-ortho nitro benzene ring substituents is 1. The maximum atomic E-state index is 11.6. The fourth-order valence-corrected chi connectivity index (χ4v) is 3.94. The Morgan fingerprint density at radius 3 is 2.69 bits per heavy atom. The number of rotatable bonds is 7. The van der Waals surface area contributed by atoms with Crippen molar-refractivity contribution in [2.24, 2.45) is 0 Å². The first kappa shape index (κ1) is 18.9. The van der Waals surface area contributed by atoms with Crippen LogP contribution >= 0.6 is 11.8 Å². The molecule has 1 saturated heterocycles. The number of benzene rings is 2. The van der Waals surface area contributed by atoms with Crippen LogP contribution in [0.3, 0.4) is 0 Å². The number of carbonyl (C=O) groups excluding carboxylic acids is 2. The highest BCUT2D eigenvalue weighted by Crippen LogP contribution is 2.24. The molecule has 4 rings (SSSR count). The molecule has 2 amide bonds. The van der Waals surface area contributed by atoms with Crippen LogP contribution in [-0.2, 0) is 17.8 Å². The highest BCUT2D eigenvalue weighted by molar-refractivity contribution is 8.15. The Morgan fingerprint density at radius 1 is 1.21 bits per heavy atom. The van der Waals surface area contributed by atoms with Crippen LogP contribution in [-0.4, -0.2) is 37.7 Å². The molecule has 1 atom stereocenters. The Bertz CT molecular complexity index is 1100. The van der Waals surface area contributed by atoms with Gasteiger partial charge in [0, 0.05) is 17.5 Å². The summed E-state index contributed by atoms with van der Waals surface area (Å²) < 4.78 is 7.48. The molecule has 3 aromatic rings. The van der Waals surface area contributed by atoms with Gasteiger partial charge in [-0.25, -0.2) is 0 Å². The van der Waals surface area contributed by atoms with Gasteiger partial charge in [-0.05, 0) is 30.2 Å². The van der Waals surface area contributed by atoms with Gasteiger partial charge < -0.3 is 4.74 Å². The van der Waals surface area contributed by atoms with Crippen molar-refractivity contribution in [1.29, 1.82) is 0 Å². The molecule has 2 aromatic carbocycles. The highest BCUT2D eigenvalue weighted by atomic mass is 32.2. The number of hydrogen-bond donors (Lipinski definition) is 1. The SMILES string of the molecule is O=C1NC(=O)C(Cc2ccc(OCCn3ncc4cc([N+](=O)[O-])ccc43)cc2)S1. The number of hydrogen-bond acceptors (Lipinski definition) is 7. The van der Waals surface area contributed by atoms with Crippen molar-refractivity contribution in [1.82, 2.24) is 15.1 Å². The van der Waals surface area contributed by atoms with E-state index in [1.165, 1.54) is 12.1 Å². The molecule has 0 radical (unpaired) electrons. The Morgan fingerprint density at radius 2 is 2.00 bits per heavy atom. The molecule has 29 heavy (non-hydrogen) atoms. The second kappa shape index (κ2) is 7.92. The first-order valence-corrected chi connectivity index (χ1v) is 9.71. The molecule has 1 aromatic heterocycles. The van der Waals surface area contributed by atoms with Crippen molar-refractivity contribution < 1.29 is 19.2 Å². The van der Waals surface area contributed by atoms with E-state index in [9.17, 15) is 19.7 Å². The standard InChI is InChI=1S/C19H16N4O5S/c24-18-17(29-19(25)21-18)9-12-1-4-15(5-2-12)28-8-7-22-16-6-3-14(23(26)27)10-13(16)11-20-22/h1-6,10-11,17H,7-9H2,(H,21,24,25). The van der Waals surface area contributed by atoms with Crippen molar-refractivity contribution in [2.75, 3.05) is 6.61 Å². The predicted octanol–water partition coefficient (Wildman–Crippen LogP) is 2.92. The maximum Gasteiger partial charge on any atom is 0.286 e. The van der Waals surface area contributed by atoms with E-state index in [1.54, 1.807) is 16.9 Å². The number of thioether (sulfide) groups is 1. The van der Waals surface area contributed by atoms with E-state index >= 15 is 0 Å². The van der Waals surface area contributed by atoms with E-state index in [0.29, 0.717) is 30.7 Å². The molecule has 1 fully saturated rings. The van der Waals surface area contributed by atoms with Crippen LogP contribution in [0, 0.1) is 10.1 Å². The largest absolute Gasteiger partial charge is 0.492 e. The molecule has 1 N–H and O–H groups in total. The maximum absolute atomic E-state index is 11.6.